The first kappa shape index (κ1) is 29.6. The Morgan fingerprint density at radius 2 is 1.80 bits per heavy atom. The summed E-state index contributed by atoms with van der Waals surface area (Å²) in [7, 11) is 1.49. The van der Waals surface area contributed by atoms with E-state index in [1.807, 2.05) is 6.07 Å². The van der Waals surface area contributed by atoms with Crippen molar-refractivity contribution >= 4 is 52.5 Å². The maximum Gasteiger partial charge on any atom is 0.338 e. The molecule has 234 valence electrons. The fourth-order valence-electron chi connectivity index (χ4n) is 7.90. The van der Waals surface area contributed by atoms with Crippen molar-refractivity contribution in [2.24, 2.45) is 29.6 Å². The molecule has 0 radical (unpaired) electrons. The number of ether oxygens (including phenoxy) is 2. The molecule has 3 fully saturated rings. The Bertz CT molecular complexity index is 1770. The number of carbonyl (C=O) groups excluding carboxylic acids is 4. The maximum absolute atomic E-state index is 13.8. The van der Waals surface area contributed by atoms with Gasteiger partial charge in [0.15, 0.2) is 11.5 Å². The summed E-state index contributed by atoms with van der Waals surface area (Å²) in [5.74, 6) is -2.12. The van der Waals surface area contributed by atoms with Crippen molar-refractivity contribution in [1.82, 2.24) is 9.88 Å². The van der Waals surface area contributed by atoms with E-state index in [1.54, 1.807) is 55.1 Å². The normalized spacial score (nSPS) is 27.6. The second-order valence-electron chi connectivity index (χ2n) is 11.8. The molecular weight excluding hydrogens is 618 g/mol. The van der Waals surface area contributed by atoms with E-state index in [9.17, 15) is 29.1 Å². The van der Waals surface area contributed by atoms with Gasteiger partial charge in [-0.1, -0.05) is 17.4 Å². The van der Waals surface area contributed by atoms with Crippen LogP contribution in [0.15, 0.2) is 52.3 Å². The van der Waals surface area contributed by atoms with E-state index < -0.39 is 17.8 Å². The third-order valence-electron chi connectivity index (χ3n) is 9.62. The second-order valence-corrected chi connectivity index (χ2v) is 14.0. The lowest BCUT2D eigenvalue weighted by molar-refractivity contribution is -0.141. The highest BCUT2D eigenvalue weighted by Crippen LogP contribution is 2.68. The van der Waals surface area contributed by atoms with Gasteiger partial charge in [0, 0.05) is 34.7 Å². The molecule has 7 rings (SSSR count). The molecule has 2 aromatic carbocycles. The number of thioether (sulfide) groups is 1. The van der Waals surface area contributed by atoms with Crippen molar-refractivity contribution in [3.05, 3.63) is 68.1 Å². The third-order valence-corrected chi connectivity index (χ3v) is 12.2. The van der Waals surface area contributed by atoms with Gasteiger partial charge < -0.3 is 24.9 Å². The minimum Gasteiger partial charge on any atom is -0.504 e. The first-order valence-corrected chi connectivity index (χ1v) is 16.6. The molecule has 2 bridgehead atoms. The van der Waals surface area contributed by atoms with Crippen LogP contribution in [-0.4, -0.2) is 64.2 Å². The Balaban J connectivity index is 1.09. The number of carbonyl (C=O) groups is 4. The number of benzene rings is 2. The molecule has 3 amide bonds. The average Bonchev–Trinajstić information content (AvgIpc) is 3.76. The molecular formula is C32H31N3O8S2. The molecule has 4 aliphatic rings. The van der Waals surface area contributed by atoms with Crippen molar-refractivity contribution in [1.29, 1.82) is 0 Å². The van der Waals surface area contributed by atoms with E-state index in [2.05, 4.69) is 10.3 Å². The topological polar surface area (TPSA) is 155 Å². The lowest BCUT2D eigenvalue weighted by atomic mass is 9.68. The number of hydrogen-bond donors (Lipinski definition) is 3. The van der Waals surface area contributed by atoms with E-state index in [4.69, 9.17) is 9.47 Å². The summed E-state index contributed by atoms with van der Waals surface area (Å²) in [6.07, 6.45) is 0.693. The van der Waals surface area contributed by atoms with Crippen LogP contribution in [0.5, 0.6) is 11.5 Å². The average molecular weight is 650 g/mol. The molecule has 1 aromatic heterocycles. The van der Waals surface area contributed by atoms with Crippen molar-refractivity contribution < 1.29 is 33.8 Å². The highest BCUT2D eigenvalue weighted by Gasteiger charge is 2.69. The predicted molar refractivity (Wildman–Crippen MR) is 166 cm³/mol. The van der Waals surface area contributed by atoms with E-state index >= 15 is 0 Å². The molecule has 13 heteroatoms. The van der Waals surface area contributed by atoms with Crippen LogP contribution in [0.4, 0.5) is 5.69 Å². The van der Waals surface area contributed by atoms with Crippen LogP contribution in [-0.2, 0) is 19.1 Å². The van der Waals surface area contributed by atoms with Gasteiger partial charge in [-0.2, -0.15) is 0 Å². The number of nitrogens with one attached hydrogen (secondary N) is 2. The molecule has 3 heterocycles. The minimum atomic E-state index is -0.471. The number of phenolic OH excluding ortho intramolecular Hbond substituents is 1. The SMILES string of the molecule is CCOC(=O)c1ccc(NC(=O)CCN2C(=O)C3C4CC(C3C2=O)C2C(c3ccc(O)c(OC)c3)c3sc(=O)[nH]c3SC42)cc1. The zero-order chi connectivity index (χ0) is 31.6. The summed E-state index contributed by atoms with van der Waals surface area (Å²) < 4.78 is 10.4. The minimum absolute atomic E-state index is 0.00651. The smallest absolute Gasteiger partial charge is 0.338 e. The Labute approximate surface area is 266 Å². The summed E-state index contributed by atoms with van der Waals surface area (Å²) in [6.45, 7) is 1.97. The zero-order valence-electron chi connectivity index (χ0n) is 24.5. The number of thiazole rings is 1. The fourth-order valence-corrected chi connectivity index (χ4v) is 10.8. The predicted octanol–water partition coefficient (Wildman–Crippen LogP) is 3.83. The molecule has 3 N–H and O–H groups in total. The molecule has 11 nitrogen and oxygen atoms in total. The van der Waals surface area contributed by atoms with E-state index in [0.717, 1.165) is 21.9 Å². The number of H-pyrrole nitrogens is 1. The van der Waals surface area contributed by atoms with Gasteiger partial charge in [-0.25, -0.2) is 4.79 Å². The van der Waals surface area contributed by atoms with Crippen LogP contribution in [0, 0.1) is 29.6 Å². The van der Waals surface area contributed by atoms with Gasteiger partial charge in [-0.05, 0) is 73.1 Å². The maximum atomic E-state index is 13.8. The number of likely N-dealkylation sites (tertiary alicyclic amines) is 1. The van der Waals surface area contributed by atoms with E-state index in [0.29, 0.717) is 17.0 Å². The summed E-state index contributed by atoms with van der Waals surface area (Å²) in [5.41, 5.74) is 1.75. The highest BCUT2D eigenvalue weighted by molar-refractivity contribution is 8.00. The molecule has 0 spiro atoms. The summed E-state index contributed by atoms with van der Waals surface area (Å²) in [6, 6.07) is 11.5. The van der Waals surface area contributed by atoms with Gasteiger partial charge in [-0.15, -0.1) is 11.8 Å². The highest BCUT2D eigenvalue weighted by atomic mass is 32.2. The van der Waals surface area contributed by atoms with Crippen LogP contribution in [0.3, 0.4) is 0 Å². The lowest BCUT2D eigenvalue weighted by Gasteiger charge is -2.43. The van der Waals surface area contributed by atoms with Crippen molar-refractivity contribution in [2.45, 2.75) is 36.0 Å². The molecule has 2 saturated carbocycles. The Hall–Kier alpha value is -4.10. The van der Waals surface area contributed by atoms with Gasteiger partial charge in [0.2, 0.25) is 17.7 Å². The molecule has 7 unspecified atom stereocenters. The Morgan fingerprint density at radius 1 is 1.07 bits per heavy atom. The standard InChI is InChI=1S/C32H31N3O8S2/c1-3-43-31(40)14-4-7-16(8-5-14)33-21(37)10-11-35-29(38)24-17-13-18(25(24)30(35)39)26-23(17)22(27-28(44-26)34-32(41)45-27)15-6-9-19(36)20(12-15)42-2/h4-9,12,17-18,22-26,36H,3,10-11,13H2,1-2H3,(H,33,37)(H,34,41). The number of esters is 1. The van der Waals surface area contributed by atoms with Gasteiger partial charge in [-0.3, -0.25) is 24.1 Å². The van der Waals surface area contributed by atoms with Gasteiger partial charge in [0.05, 0.1) is 36.1 Å². The van der Waals surface area contributed by atoms with Gasteiger partial charge in [0.25, 0.3) is 0 Å². The third kappa shape index (κ3) is 4.83. The number of fused-ring (bicyclic) bond motifs is 9. The van der Waals surface area contributed by atoms with Gasteiger partial charge >= 0.3 is 10.8 Å². The lowest BCUT2D eigenvalue weighted by Crippen LogP contribution is -2.42. The fraction of sp³-hybridized carbons (Fsp3) is 0.406. The molecule has 2 aliphatic carbocycles. The molecule has 1 saturated heterocycles. The van der Waals surface area contributed by atoms with Crippen LogP contribution in [0.25, 0.3) is 0 Å². The van der Waals surface area contributed by atoms with E-state index in [-0.39, 0.29) is 76.8 Å². The first-order valence-electron chi connectivity index (χ1n) is 14.9. The number of amides is 3. The molecule has 3 aromatic rings. The number of hydrogen-bond acceptors (Lipinski definition) is 10. The first-order chi connectivity index (χ1) is 21.7. The number of aromatic nitrogens is 1. The quantitative estimate of drug-likeness (QED) is 0.244. The molecule has 7 atom stereocenters. The summed E-state index contributed by atoms with van der Waals surface area (Å²) in [4.78, 5) is 69.7. The number of imide groups is 1. The summed E-state index contributed by atoms with van der Waals surface area (Å²) >= 11 is 2.77. The number of phenols is 1. The van der Waals surface area contributed by atoms with Crippen LogP contribution in [0.2, 0.25) is 0 Å². The van der Waals surface area contributed by atoms with Crippen molar-refractivity contribution in [2.75, 3.05) is 25.6 Å². The largest absolute Gasteiger partial charge is 0.504 e. The van der Waals surface area contributed by atoms with Crippen molar-refractivity contribution in [3.63, 3.8) is 0 Å². The summed E-state index contributed by atoms with van der Waals surface area (Å²) in [5, 5.41) is 13.8. The van der Waals surface area contributed by atoms with Crippen LogP contribution < -0.4 is 14.9 Å². The van der Waals surface area contributed by atoms with Crippen LogP contribution >= 0.6 is 23.1 Å². The number of nitrogens with zero attached hydrogens (tertiary/aromatic N) is 1. The molecule has 45 heavy (non-hydrogen) atoms. The van der Waals surface area contributed by atoms with Crippen LogP contribution in [0.1, 0.15) is 46.5 Å². The zero-order valence-corrected chi connectivity index (χ0v) is 26.1. The number of aromatic amines is 1. The number of aromatic hydroxyl groups is 1. The van der Waals surface area contributed by atoms with E-state index in [1.165, 1.54) is 23.3 Å². The number of anilines is 1. The second kappa shape index (κ2) is 11.4. The molecule has 2 aliphatic heterocycles. The van der Waals surface area contributed by atoms with Crippen molar-refractivity contribution in [3.8, 4) is 11.5 Å². The number of rotatable bonds is 8. The van der Waals surface area contributed by atoms with Gasteiger partial charge in [0.1, 0.15) is 0 Å². The Morgan fingerprint density at radius 3 is 2.51 bits per heavy atom. The number of methoxy groups -OCH3 is 1. The Kier molecular flexibility index (Phi) is 7.47. The monoisotopic (exact) mass is 649 g/mol.